The smallest absolute Gasteiger partial charge is 0.0447 e. The Kier molecular flexibility index (Phi) is 3.51. The lowest BCUT2D eigenvalue weighted by molar-refractivity contribution is 0.375. The third-order valence-corrected chi connectivity index (χ3v) is 4.45. The van der Waals surface area contributed by atoms with Crippen molar-refractivity contribution in [3.63, 3.8) is 0 Å². The summed E-state index contributed by atoms with van der Waals surface area (Å²) in [5, 5.41) is 3.36. The van der Waals surface area contributed by atoms with Gasteiger partial charge < -0.3 is 5.32 Å². The topological polar surface area (TPSA) is 21.9 Å². The molecule has 1 heterocycles. The van der Waals surface area contributed by atoms with Crippen LogP contribution in [0.1, 0.15) is 55.7 Å². The van der Waals surface area contributed by atoms with Crippen LogP contribution in [0, 0.1) is 5.92 Å². The predicted octanol–water partition coefficient (Wildman–Crippen LogP) is 4.18. The molecule has 1 atom stereocenters. The molecule has 2 aliphatic rings. The van der Waals surface area contributed by atoms with Crippen LogP contribution in [0.3, 0.4) is 0 Å². The molecule has 1 aromatic rings. The Morgan fingerprint density at radius 2 is 1.61 bits per heavy atom. The van der Waals surface area contributed by atoms with Gasteiger partial charge in [-0.15, -0.1) is 0 Å². The Morgan fingerprint density at radius 1 is 1.00 bits per heavy atom. The fourth-order valence-corrected chi connectivity index (χ4v) is 3.21. The molecule has 1 N–H and O–H groups in total. The molecule has 0 bridgehead atoms. The molecule has 1 nitrogen and oxygen atoms in total. The zero-order chi connectivity index (χ0) is 12.4. The maximum Gasteiger partial charge on any atom is 0.0447 e. The molecule has 3 rings (SSSR count). The Morgan fingerprint density at radius 3 is 2.17 bits per heavy atom. The van der Waals surface area contributed by atoms with E-state index in [1.54, 1.807) is 5.56 Å². The van der Waals surface area contributed by atoms with E-state index in [2.05, 4.69) is 48.7 Å². The number of nitrogens with one attached hydrogen (secondary N) is 1. The molecule has 18 heavy (non-hydrogen) atoms. The van der Waals surface area contributed by atoms with Crippen molar-refractivity contribution < 1.29 is 0 Å². The molecule has 0 spiro atoms. The van der Waals surface area contributed by atoms with Gasteiger partial charge in [0.25, 0.3) is 0 Å². The average molecular weight is 241 g/mol. The van der Waals surface area contributed by atoms with Gasteiger partial charge >= 0.3 is 0 Å². The van der Waals surface area contributed by atoms with Crippen LogP contribution in [0.15, 0.2) is 36.4 Å². The summed E-state index contributed by atoms with van der Waals surface area (Å²) in [6.45, 7) is 3.30. The third-order valence-electron chi connectivity index (χ3n) is 4.45. The molecule has 96 valence electrons. The van der Waals surface area contributed by atoms with Crippen molar-refractivity contribution in [2.75, 3.05) is 6.54 Å². The first-order valence-corrected chi connectivity index (χ1v) is 7.33. The van der Waals surface area contributed by atoms with Gasteiger partial charge in [0.2, 0.25) is 0 Å². The number of rotatable bonds is 3. The number of hydrogen-bond donors (Lipinski definition) is 1. The van der Waals surface area contributed by atoms with E-state index in [9.17, 15) is 0 Å². The van der Waals surface area contributed by atoms with Crippen LogP contribution >= 0.6 is 0 Å². The van der Waals surface area contributed by atoms with Crippen LogP contribution in [0.25, 0.3) is 0 Å². The van der Waals surface area contributed by atoms with Crippen molar-refractivity contribution in [3.8, 4) is 0 Å². The van der Waals surface area contributed by atoms with Gasteiger partial charge in [-0.25, -0.2) is 0 Å². The quantitative estimate of drug-likeness (QED) is 0.622. The van der Waals surface area contributed by atoms with E-state index in [0.717, 1.165) is 18.4 Å². The molecule has 1 unspecified atom stereocenters. The largest absolute Gasteiger partial charge is 0.307 e. The number of benzene rings is 1. The number of hydrogen-bond acceptors (Lipinski definition) is 1. The first-order chi connectivity index (χ1) is 8.86. The monoisotopic (exact) mass is 241 g/mol. The normalized spacial score (nSPS) is 31.7. The summed E-state index contributed by atoms with van der Waals surface area (Å²) >= 11 is 0. The summed E-state index contributed by atoms with van der Waals surface area (Å²) in [7, 11) is 0. The lowest BCUT2D eigenvalue weighted by Crippen LogP contribution is -2.11. The zero-order valence-electron chi connectivity index (χ0n) is 11.2. The Bertz CT molecular complexity index is 406. The molecule has 1 heteroatoms. The highest BCUT2D eigenvalue weighted by Crippen LogP contribution is 2.36. The molecule has 0 aromatic heterocycles. The summed E-state index contributed by atoms with van der Waals surface area (Å²) in [6, 6.07) is 9.99. The summed E-state index contributed by atoms with van der Waals surface area (Å²) in [5.41, 5.74) is 3.01. The fraction of sp³-hybridized carbons (Fsp3) is 0.529. The maximum absolute atomic E-state index is 3.36. The average Bonchev–Trinajstić information content (AvgIpc) is 3.25. The lowest BCUT2D eigenvalue weighted by Gasteiger charge is -2.27. The van der Waals surface area contributed by atoms with Crippen LogP contribution < -0.4 is 5.32 Å². The summed E-state index contributed by atoms with van der Waals surface area (Å²) in [6.07, 6.45) is 10.0. The van der Waals surface area contributed by atoms with Gasteiger partial charge in [0.05, 0.1) is 0 Å². The SMILES string of the molecule is C/C=C/C1CCC(c2ccc(C3CN3)cc2)CC1. The van der Waals surface area contributed by atoms with E-state index in [-0.39, 0.29) is 0 Å². The minimum atomic E-state index is 0.643. The van der Waals surface area contributed by atoms with Crippen LogP contribution in [0.2, 0.25) is 0 Å². The van der Waals surface area contributed by atoms with Crippen LogP contribution in [0.5, 0.6) is 0 Å². The summed E-state index contributed by atoms with van der Waals surface area (Å²) in [4.78, 5) is 0. The van der Waals surface area contributed by atoms with Gasteiger partial charge in [-0.1, -0.05) is 36.4 Å². The van der Waals surface area contributed by atoms with Crippen molar-refractivity contribution in [2.45, 2.75) is 44.6 Å². The van der Waals surface area contributed by atoms with E-state index in [1.807, 2.05) is 0 Å². The minimum absolute atomic E-state index is 0.643. The van der Waals surface area contributed by atoms with Crippen molar-refractivity contribution in [2.24, 2.45) is 5.92 Å². The van der Waals surface area contributed by atoms with Crippen molar-refractivity contribution in [1.82, 2.24) is 5.32 Å². The van der Waals surface area contributed by atoms with Gasteiger partial charge in [-0.3, -0.25) is 0 Å². The lowest BCUT2D eigenvalue weighted by atomic mass is 9.78. The fourth-order valence-electron chi connectivity index (χ4n) is 3.21. The van der Waals surface area contributed by atoms with Crippen LogP contribution in [-0.4, -0.2) is 6.54 Å². The van der Waals surface area contributed by atoms with E-state index >= 15 is 0 Å². The first kappa shape index (κ1) is 12.0. The van der Waals surface area contributed by atoms with Gasteiger partial charge in [0.15, 0.2) is 0 Å². The molecule has 0 amide bonds. The van der Waals surface area contributed by atoms with Gasteiger partial charge in [0.1, 0.15) is 0 Å². The second kappa shape index (κ2) is 5.27. The van der Waals surface area contributed by atoms with Gasteiger partial charge in [-0.2, -0.15) is 0 Å². The molecule has 1 saturated carbocycles. The second-order valence-corrected chi connectivity index (χ2v) is 5.76. The minimum Gasteiger partial charge on any atom is -0.307 e. The molecule has 1 saturated heterocycles. The molecular weight excluding hydrogens is 218 g/mol. The Balaban J connectivity index is 1.61. The van der Waals surface area contributed by atoms with Crippen LogP contribution in [0.4, 0.5) is 0 Å². The molecule has 2 fully saturated rings. The van der Waals surface area contributed by atoms with E-state index in [0.29, 0.717) is 6.04 Å². The van der Waals surface area contributed by atoms with E-state index < -0.39 is 0 Å². The second-order valence-electron chi connectivity index (χ2n) is 5.76. The van der Waals surface area contributed by atoms with Crippen LogP contribution in [-0.2, 0) is 0 Å². The van der Waals surface area contributed by atoms with Crippen molar-refractivity contribution in [1.29, 1.82) is 0 Å². The highest BCUT2D eigenvalue weighted by molar-refractivity contribution is 5.30. The van der Waals surface area contributed by atoms with Crippen molar-refractivity contribution in [3.05, 3.63) is 47.5 Å². The first-order valence-electron chi connectivity index (χ1n) is 7.33. The highest BCUT2D eigenvalue weighted by atomic mass is 15.1. The Labute approximate surface area is 110 Å². The van der Waals surface area contributed by atoms with Crippen molar-refractivity contribution >= 4 is 0 Å². The predicted molar refractivity (Wildman–Crippen MR) is 76.7 cm³/mol. The van der Waals surface area contributed by atoms with Gasteiger partial charge in [-0.05, 0) is 55.6 Å². The number of allylic oxidation sites excluding steroid dienone is 2. The van der Waals surface area contributed by atoms with Gasteiger partial charge in [0, 0.05) is 12.6 Å². The summed E-state index contributed by atoms with van der Waals surface area (Å²) in [5.74, 6) is 1.63. The molecule has 1 aromatic carbocycles. The van der Waals surface area contributed by atoms with E-state index in [4.69, 9.17) is 0 Å². The highest BCUT2D eigenvalue weighted by Gasteiger charge is 2.23. The standard InChI is InChI=1S/C17H23N/c1-2-3-13-4-6-14(7-5-13)15-8-10-16(11-9-15)17-12-18-17/h2-3,8-11,13-14,17-18H,4-7,12H2,1H3/b3-2+. The van der Waals surface area contributed by atoms with E-state index in [1.165, 1.54) is 31.2 Å². The maximum atomic E-state index is 3.36. The molecule has 0 radical (unpaired) electrons. The molecule has 1 aliphatic carbocycles. The molecular formula is C17H23N. The summed E-state index contributed by atoms with van der Waals surface area (Å²) < 4.78 is 0. The zero-order valence-corrected chi connectivity index (χ0v) is 11.2. The Hall–Kier alpha value is -1.08. The third kappa shape index (κ3) is 2.67. The molecule has 1 aliphatic heterocycles.